The second kappa shape index (κ2) is 6.62. The van der Waals surface area contributed by atoms with Crippen LogP contribution in [0.25, 0.3) is 0 Å². The first-order valence-corrected chi connectivity index (χ1v) is 8.09. The van der Waals surface area contributed by atoms with Crippen LogP contribution < -0.4 is 10.5 Å². The van der Waals surface area contributed by atoms with E-state index >= 15 is 0 Å². The molecule has 1 saturated carbocycles. The van der Waals surface area contributed by atoms with Crippen molar-refractivity contribution in [3.8, 4) is 5.75 Å². The summed E-state index contributed by atoms with van der Waals surface area (Å²) in [5.41, 5.74) is 7.77. The van der Waals surface area contributed by atoms with Gasteiger partial charge in [-0.2, -0.15) is 0 Å². The highest BCUT2D eigenvalue weighted by Crippen LogP contribution is 2.39. The second-order valence-corrected chi connectivity index (χ2v) is 6.58. The third kappa shape index (κ3) is 3.76. The summed E-state index contributed by atoms with van der Waals surface area (Å²) < 4.78 is 5.79. The van der Waals surface area contributed by atoms with Crippen molar-refractivity contribution in [3.05, 3.63) is 29.8 Å². The summed E-state index contributed by atoms with van der Waals surface area (Å²) in [6.45, 7) is 6.39. The highest BCUT2D eigenvalue weighted by Gasteiger charge is 2.33. The van der Waals surface area contributed by atoms with E-state index in [2.05, 4.69) is 39.0 Å². The first-order chi connectivity index (χ1) is 9.53. The van der Waals surface area contributed by atoms with Crippen LogP contribution >= 0.6 is 0 Å². The molecule has 0 bridgehead atoms. The molecule has 1 aromatic carbocycles. The van der Waals surface area contributed by atoms with Gasteiger partial charge in [0.25, 0.3) is 0 Å². The van der Waals surface area contributed by atoms with Crippen LogP contribution in [-0.2, 0) is 5.54 Å². The van der Waals surface area contributed by atoms with Crippen LogP contribution in [0.15, 0.2) is 24.3 Å². The van der Waals surface area contributed by atoms with E-state index < -0.39 is 0 Å². The lowest BCUT2D eigenvalue weighted by Gasteiger charge is -2.38. The van der Waals surface area contributed by atoms with Gasteiger partial charge in [-0.05, 0) is 63.1 Å². The molecule has 2 heteroatoms. The second-order valence-electron chi connectivity index (χ2n) is 6.58. The summed E-state index contributed by atoms with van der Waals surface area (Å²) >= 11 is 0. The van der Waals surface area contributed by atoms with E-state index in [1.807, 2.05) is 6.07 Å². The number of rotatable bonds is 5. The zero-order valence-corrected chi connectivity index (χ0v) is 13.2. The minimum absolute atomic E-state index is 0.152. The molecule has 1 aliphatic rings. The van der Waals surface area contributed by atoms with Crippen molar-refractivity contribution in [3.63, 3.8) is 0 Å². The lowest BCUT2D eigenvalue weighted by Crippen LogP contribution is -2.40. The minimum atomic E-state index is -0.152. The van der Waals surface area contributed by atoms with Crippen LogP contribution in [0.5, 0.6) is 5.75 Å². The standard InChI is InChI=1S/C18H29NO/c1-4-6-15-9-11-18(19,12-10-15)16-7-5-8-17(13-16)20-14(2)3/h5,7-8,13-15H,4,6,9-12,19H2,1-3H3. The van der Waals surface area contributed by atoms with Crippen molar-refractivity contribution in [2.24, 2.45) is 11.7 Å². The summed E-state index contributed by atoms with van der Waals surface area (Å²) in [6, 6.07) is 8.39. The molecule has 0 spiro atoms. The van der Waals surface area contributed by atoms with Gasteiger partial charge in [0.05, 0.1) is 6.10 Å². The fraction of sp³-hybridized carbons (Fsp3) is 0.667. The van der Waals surface area contributed by atoms with Crippen LogP contribution in [0.3, 0.4) is 0 Å². The van der Waals surface area contributed by atoms with Crippen molar-refractivity contribution >= 4 is 0 Å². The highest BCUT2D eigenvalue weighted by atomic mass is 16.5. The zero-order chi connectivity index (χ0) is 14.6. The number of hydrogen-bond donors (Lipinski definition) is 1. The lowest BCUT2D eigenvalue weighted by molar-refractivity contribution is 0.222. The van der Waals surface area contributed by atoms with Gasteiger partial charge < -0.3 is 10.5 Å². The predicted octanol–water partition coefficient (Wildman–Crippen LogP) is 4.62. The number of nitrogens with two attached hydrogens (primary N) is 1. The summed E-state index contributed by atoms with van der Waals surface area (Å²) in [4.78, 5) is 0. The summed E-state index contributed by atoms with van der Waals surface area (Å²) in [6.07, 6.45) is 7.58. The highest BCUT2D eigenvalue weighted by molar-refractivity contribution is 5.33. The fourth-order valence-electron chi connectivity index (χ4n) is 3.33. The molecule has 1 fully saturated rings. The first kappa shape index (κ1) is 15.4. The maximum Gasteiger partial charge on any atom is 0.120 e. The molecule has 0 amide bonds. The van der Waals surface area contributed by atoms with E-state index in [9.17, 15) is 0 Å². The fourth-order valence-corrected chi connectivity index (χ4v) is 3.33. The van der Waals surface area contributed by atoms with Gasteiger partial charge in [-0.1, -0.05) is 31.9 Å². The van der Waals surface area contributed by atoms with Crippen LogP contribution in [0.2, 0.25) is 0 Å². The average Bonchev–Trinajstić information content (AvgIpc) is 2.41. The Morgan fingerprint density at radius 2 is 2.00 bits per heavy atom. The van der Waals surface area contributed by atoms with Crippen molar-refractivity contribution in [2.45, 2.75) is 70.9 Å². The van der Waals surface area contributed by atoms with Gasteiger partial charge in [-0.15, -0.1) is 0 Å². The molecule has 0 radical (unpaired) electrons. The largest absolute Gasteiger partial charge is 0.491 e. The Kier molecular flexibility index (Phi) is 5.09. The van der Waals surface area contributed by atoms with E-state index in [0.717, 1.165) is 24.5 Å². The Hall–Kier alpha value is -1.02. The molecule has 0 aromatic heterocycles. The monoisotopic (exact) mass is 275 g/mol. The smallest absolute Gasteiger partial charge is 0.120 e. The topological polar surface area (TPSA) is 35.2 Å². The van der Waals surface area contributed by atoms with E-state index in [1.165, 1.54) is 31.2 Å². The normalized spacial score (nSPS) is 26.8. The quantitative estimate of drug-likeness (QED) is 0.851. The predicted molar refractivity (Wildman–Crippen MR) is 84.9 cm³/mol. The lowest BCUT2D eigenvalue weighted by atomic mass is 9.72. The Bertz CT molecular complexity index is 419. The first-order valence-electron chi connectivity index (χ1n) is 8.09. The molecule has 1 aromatic rings. The van der Waals surface area contributed by atoms with E-state index in [0.29, 0.717) is 0 Å². The molecular weight excluding hydrogens is 246 g/mol. The molecule has 0 heterocycles. The summed E-state index contributed by atoms with van der Waals surface area (Å²) in [5.74, 6) is 1.82. The molecule has 0 saturated heterocycles. The maximum atomic E-state index is 6.68. The van der Waals surface area contributed by atoms with E-state index in [1.54, 1.807) is 0 Å². The summed E-state index contributed by atoms with van der Waals surface area (Å²) in [7, 11) is 0. The number of benzene rings is 1. The van der Waals surface area contributed by atoms with Crippen LogP contribution in [0, 0.1) is 5.92 Å². The third-order valence-corrected chi connectivity index (χ3v) is 4.48. The van der Waals surface area contributed by atoms with Gasteiger partial charge in [0.1, 0.15) is 5.75 Å². The molecule has 112 valence electrons. The van der Waals surface area contributed by atoms with Gasteiger partial charge >= 0.3 is 0 Å². The Morgan fingerprint density at radius 1 is 1.30 bits per heavy atom. The SMILES string of the molecule is CCCC1CCC(N)(c2cccc(OC(C)C)c2)CC1. The molecule has 0 atom stereocenters. The minimum Gasteiger partial charge on any atom is -0.491 e. The number of hydrogen-bond acceptors (Lipinski definition) is 2. The molecule has 2 N–H and O–H groups in total. The molecule has 0 unspecified atom stereocenters. The van der Waals surface area contributed by atoms with Crippen molar-refractivity contribution in [1.29, 1.82) is 0 Å². The average molecular weight is 275 g/mol. The summed E-state index contributed by atoms with van der Waals surface area (Å²) in [5, 5.41) is 0. The van der Waals surface area contributed by atoms with Crippen LogP contribution in [0.4, 0.5) is 0 Å². The van der Waals surface area contributed by atoms with Gasteiger partial charge in [-0.3, -0.25) is 0 Å². The molecular formula is C18H29NO. The third-order valence-electron chi connectivity index (χ3n) is 4.48. The van der Waals surface area contributed by atoms with E-state index in [4.69, 9.17) is 10.5 Å². The number of ether oxygens (including phenoxy) is 1. The molecule has 2 nitrogen and oxygen atoms in total. The van der Waals surface area contributed by atoms with Crippen molar-refractivity contribution in [1.82, 2.24) is 0 Å². The molecule has 2 rings (SSSR count). The van der Waals surface area contributed by atoms with Crippen LogP contribution in [0.1, 0.15) is 64.9 Å². The van der Waals surface area contributed by atoms with Gasteiger partial charge in [0.2, 0.25) is 0 Å². The van der Waals surface area contributed by atoms with Gasteiger partial charge in [0, 0.05) is 5.54 Å². The van der Waals surface area contributed by atoms with Crippen LogP contribution in [-0.4, -0.2) is 6.10 Å². The van der Waals surface area contributed by atoms with Crippen molar-refractivity contribution < 1.29 is 4.74 Å². The molecule has 1 aliphatic carbocycles. The Balaban J connectivity index is 2.07. The van der Waals surface area contributed by atoms with Gasteiger partial charge in [-0.25, -0.2) is 0 Å². The Morgan fingerprint density at radius 3 is 2.60 bits per heavy atom. The Labute approximate surface area is 123 Å². The maximum absolute atomic E-state index is 6.68. The van der Waals surface area contributed by atoms with Crippen molar-refractivity contribution in [2.75, 3.05) is 0 Å². The zero-order valence-electron chi connectivity index (χ0n) is 13.2. The molecule has 20 heavy (non-hydrogen) atoms. The van der Waals surface area contributed by atoms with E-state index in [-0.39, 0.29) is 11.6 Å². The van der Waals surface area contributed by atoms with Gasteiger partial charge in [0.15, 0.2) is 0 Å². The molecule has 0 aliphatic heterocycles.